The Labute approximate surface area is 150 Å². The van der Waals surface area contributed by atoms with E-state index >= 15 is 0 Å². The van der Waals surface area contributed by atoms with Gasteiger partial charge in [0.25, 0.3) is 5.91 Å². The van der Waals surface area contributed by atoms with E-state index in [9.17, 15) is 9.59 Å². The van der Waals surface area contributed by atoms with Crippen molar-refractivity contribution in [1.29, 1.82) is 0 Å². The molecule has 0 unspecified atom stereocenters. The van der Waals surface area contributed by atoms with Crippen LogP contribution in [0.1, 0.15) is 29.1 Å². The fourth-order valence-electron chi connectivity index (χ4n) is 3.37. The van der Waals surface area contributed by atoms with Crippen molar-refractivity contribution >= 4 is 5.91 Å². The highest BCUT2D eigenvalue weighted by Gasteiger charge is 2.30. The van der Waals surface area contributed by atoms with Crippen molar-refractivity contribution in [2.45, 2.75) is 19.5 Å². The second-order valence-electron chi connectivity index (χ2n) is 6.58. The summed E-state index contributed by atoms with van der Waals surface area (Å²) in [5.74, 6) is 1.48. The Balaban J connectivity index is 1.65. The summed E-state index contributed by atoms with van der Waals surface area (Å²) in [7, 11) is 1.64. The quantitative estimate of drug-likeness (QED) is 0.708. The van der Waals surface area contributed by atoms with Crippen molar-refractivity contribution < 1.29 is 4.79 Å². The molecule has 1 amide bonds. The minimum atomic E-state index is -0.138. The summed E-state index contributed by atoms with van der Waals surface area (Å²) in [6.07, 6.45) is 1.57. The maximum Gasteiger partial charge on any atom is 0.255 e. The number of nitrogens with zero attached hydrogens (tertiary/aromatic N) is 5. The van der Waals surface area contributed by atoms with Crippen molar-refractivity contribution in [2.24, 2.45) is 7.05 Å². The standard InChI is InChI=1S/C19H19N5O2/c1-13-10-23(19(26)15-8-9-17(25)22(2)11-15)12-16-20-21-18(24(13)16)14-6-4-3-5-7-14/h3-9,11,13H,10,12H2,1-2H3/t13-/m0/s1. The van der Waals surface area contributed by atoms with E-state index in [4.69, 9.17) is 0 Å². The minimum Gasteiger partial charge on any atom is -0.329 e. The molecule has 1 aliphatic rings. The van der Waals surface area contributed by atoms with Crippen LogP contribution in [0.3, 0.4) is 0 Å². The lowest BCUT2D eigenvalue weighted by Gasteiger charge is -2.32. The fraction of sp³-hybridized carbons (Fsp3) is 0.263. The van der Waals surface area contributed by atoms with Gasteiger partial charge in [-0.3, -0.25) is 9.59 Å². The van der Waals surface area contributed by atoms with Gasteiger partial charge < -0.3 is 14.0 Å². The number of carbonyl (C=O) groups is 1. The number of fused-ring (bicyclic) bond motifs is 1. The number of amides is 1. The van der Waals surface area contributed by atoms with Crippen LogP contribution in [0.4, 0.5) is 0 Å². The molecule has 7 nitrogen and oxygen atoms in total. The fourth-order valence-corrected chi connectivity index (χ4v) is 3.37. The maximum atomic E-state index is 12.8. The Morgan fingerprint density at radius 3 is 2.62 bits per heavy atom. The van der Waals surface area contributed by atoms with Crippen LogP contribution in [0.15, 0.2) is 53.5 Å². The number of rotatable bonds is 2. The van der Waals surface area contributed by atoms with E-state index in [2.05, 4.69) is 21.7 Å². The van der Waals surface area contributed by atoms with Gasteiger partial charge in [0.05, 0.1) is 18.2 Å². The average molecular weight is 349 g/mol. The van der Waals surface area contributed by atoms with Gasteiger partial charge in [0.2, 0.25) is 5.56 Å². The minimum absolute atomic E-state index is 0.0560. The van der Waals surface area contributed by atoms with Gasteiger partial charge in [-0.15, -0.1) is 10.2 Å². The molecule has 2 aromatic heterocycles. The lowest BCUT2D eigenvalue weighted by molar-refractivity contribution is 0.0681. The van der Waals surface area contributed by atoms with E-state index in [1.807, 2.05) is 30.3 Å². The number of benzene rings is 1. The van der Waals surface area contributed by atoms with Gasteiger partial charge in [-0.05, 0) is 13.0 Å². The summed E-state index contributed by atoms with van der Waals surface area (Å²) in [6.45, 7) is 3.01. The highest BCUT2D eigenvalue weighted by atomic mass is 16.2. The topological polar surface area (TPSA) is 73.0 Å². The molecule has 132 valence electrons. The smallest absolute Gasteiger partial charge is 0.255 e. The third-order valence-electron chi connectivity index (χ3n) is 4.68. The van der Waals surface area contributed by atoms with E-state index < -0.39 is 0 Å². The Morgan fingerprint density at radius 1 is 1.12 bits per heavy atom. The molecule has 1 aliphatic heterocycles. The summed E-state index contributed by atoms with van der Waals surface area (Å²) in [5, 5.41) is 8.65. The van der Waals surface area contributed by atoms with Crippen molar-refractivity contribution in [3.8, 4) is 11.4 Å². The van der Waals surface area contributed by atoms with Crippen molar-refractivity contribution in [3.63, 3.8) is 0 Å². The Bertz CT molecular complexity index is 1020. The van der Waals surface area contributed by atoms with Crippen LogP contribution < -0.4 is 5.56 Å². The Hall–Kier alpha value is -3.22. The summed E-state index contributed by atoms with van der Waals surface area (Å²) in [4.78, 5) is 26.1. The molecule has 0 fully saturated rings. The molecule has 26 heavy (non-hydrogen) atoms. The van der Waals surface area contributed by atoms with Crippen LogP contribution >= 0.6 is 0 Å². The van der Waals surface area contributed by atoms with Crippen LogP contribution in [0.5, 0.6) is 0 Å². The zero-order valence-electron chi connectivity index (χ0n) is 14.7. The molecule has 0 spiro atoms. The normalized spacial score (nSPS) is 16.4. The van der Waals surface area contributed by atoms with Crippen LogP contribution in [-0.4, -0.2) is 36.7 Å². The Morgan fingerprint density at radius 2 is 1.88 bits per heavy atom. The molecule has 3 heterocycles. The third-order valence-corrected chi connectivity index (χ3v) is 4.68. The van der Waals surface area contributed by atoms with Gasteiger partial charge in [0.15, 0.2) is 11.6 Å². The predicted molar refractivity (Wildman–Crippen MR) is 96.6 cm³/mol. The third kappa shape index (κ3) is 2.71. The number of hydrogen-bond donors (Lipinski definition) is 0. The van der Waals surface area contributed by atoms with Crippen molar-refractivity contribution in [1.82, 2.24) is 24.2 Å². The van der Waals surface area contributed by atoms with Crippen LogP contribution in [0.25, 0.3) is 11.4 Å². The van der Waals surface area contributed by atoms with Crippen molar-refractivity contribution in [3.05, 3.63) is 70.4 Å². The van der Waals surface area contributed by atoms with Gasteiger partial charge in [-0.25, -0.2) is 0 Å². The number of aryl methyl sites for hydroxylation is 1. The molecule has 0 bridgehead atoms. The van der Waals surface area contributed by atoms with Gasteiger partial charge >= 0.3 is 0 Å². The highest BCUT2D eigenvalue weighted by molar-refractivity contribution is 5.94. The lowest BCUT2D eigenvalue weighted by Crippen LogP contribution is -2.40. The van der Waals surface area contributed by atoms with Gasteiger partial charge in [0.1, 0.15) is 0 Å². The van der Waals surface area contributed by atoms with E-state index in [0.717, 1.165) is 17.2 Å². The summed E-state index contributed by atoms with van der Waals surface area (Å²) < 4.78 is 3.51. The van der Waals surface area contributed by atoms with Gasteiger partial charge in [0, 0.05) is 31.4 Å². The first-order valence-corrected chi connectivity index (χ1v) is 8.50. The monoisotopic (exact) mass is 349 g/mol. The zero-order valence-corrected chi connectivity index (χ0v) is 14.7. The molecule has 4 rings (SSSR count). The van der Waals surface area contributed by atoms with E-state index in [1.54, 1.807) is 24.2 Å². The highest BCUT2D eigenvalue weighted by Crippen LogP contribution is 2.27. The number of pyridine rings is 1. The second-order valence-corrected chi connectivity index (χ2v) is 6.58. The molecule has 0 aliphatic carbocycles. The number of aromatic nitrogens is 4. The molecular formula is C19H19N5O2. The summed E-state index contributed by atoms with van der Waals surface area (Å²) >= 11 is 0. The van der Waals surface area contributed by atoms with Gasteiger partial charge in [-0.2, -0.15) is 0 Å². The van der Waals surface area contributed by atoms with Crippen LogP contribution in [0, 0.1) is 0 Å². The summed E-state index contributed by atoms with van der Waals surface area (Å²) in [6, 6.07) is 13.0. The molecular weight excluding hydrogens is 330 g/mol. The first kappa shape index (κ1) is 16.3. The van der Waals surface area contributed by atoms with Gasteiger partial charge in [-0.1, -0.05) is 30.3 Å². The molecule has 0 saturated carbocycles. The van der Waals surface area contributed by atoms with Crippen molar-refractivity contribution in [2.75, 3.05) is 6.54 Å². The van der Waals surface area contributed by atoms with Crippen LogP contribution in [-0.2, 0) is 13.6 Å². The zero-order chi connectivity index (χ0) is 18.3. The second kappa shape index (κ2) is 6.25. The van der Waals surface area contributed by atoms with Crippen LogP contribution in [0.2, 0.25) is 0 Å². The maximum absolute atomic E-state index is 12.8. The number of hydrogen-bond acceptors (Lipinski definition) is 4. The van der Waals surface area contributed by atoms with E-state index in [-0.39, 0.29) is 17.5 Å². The average Bonchev–Trinajstić information content (AvgIpc) is 3.09. The molecule has 0 saturated heterocycles. The molecule has 3 aromatic rings. The molecule has 1 aromatic carbocycles. The first-order chi connectivity index (χ1) is 12.5. The van der Waals surface area contributed by atoms with E-state index in [0.29, 0.717) is 18.7 Å². The molecule has 0 radical (unpaired) electrons. The molecule has 0 N–H and O–H groups in total. The first-order valence-electron chi connectivity index (χ1n) is 8.50. The van der Waals surface area contributed by atoms with E-state index in [1.165, 1.54) is 10.6 Å². The summed E-state index contributed by atoms with van der Waals surface area (Å²) in [5.41, 5.74) is 1.37. The largest absolute Gasteiger partial charge is 0.329 e. The lowest BCUT2D eigenvalue weighted by atomic mass is 10.1. The Kier molecular flexibility index (Phi) is 3.91. The predicted octanol–water partition coefficient (Wildman–Crippen LogP) is 1.86. The molecule has 1 atom stereocenters. The SMILES string of the molecule is C[C@H]1CN(C(=O)c2ccc(=O)n(C)c2)Cc2nnc(-c3ccccc3)n21. The number of carbonyl (C=O) groups excluding carboxylic acids is 1. The molecule has 7 heteroatoms.